The van der Waals surface area contributed by atoms with Crippen LogP contribution in [0.2, 0.25) is 0 Å². The van der Waals surface area contributed by atoms with E-state index < -0.39 is 9.84 Å². The summed E-state index contributed by atoms with van der Waals surface area (Å²) >= 11 is 5.42. The molecule has 0 unspecified atom stereocenters. The predicted molar refractivity (Wildman–Crippen MR) is 63.7 cm³/mol. The molecule has 0 aliphatic rings. The molecule has 0 saturated heterocycles. The van der Waals surface area contributed by atoms with E-state index in [1.54, 1.807) is 18.2 Å². The van der Waals surface area contributed by atoms with Gasteiger partial charge in [0.05, 0.1) is 10.6 Å². The molecule has 88 valence electrons. The van der Waals surface area contributed by atoms with Crippen molar-refractivity contribution < 1.29 is 13.2 Å². The molecule has 0 N–H and O–H groups in total. The second kappa shape index (κ2) is 4.84. The van der Waals surface area contributed by atoms with E-state index >= 15 is 0 Å². The smallest absolute Gasteiger partial charge is 0.241 e. The quantitative estimate of drug-likeness (QED) is 0.771. The molecule has 0 bridgehead atoms. The molecule has 0 aliphatic heterocycles. The van der Waals surface area contributed by atoms with Crippen molar-refractivity contribution in [3.05, 3.63) is 24.3 Å². The van der Waals surface area contributed by atoms with Gasteiger partial charge >= 0.3 is 0 Å². The number of benzene rings is 1. The average Bonchev–Trinajstić information content (AvgIpc) is 2.26. The topological polar surface area (TPSA) is 54.5 Å². The van der Waals surface area contributed by atoms with Gasteiger partial charge in [-0.1, -0.05) is 12.1 Å². The maximum absolute atomic E-state index is 11.5. The normalized spacial score (nSPS) is 11.2. The third-order valence-electron chi connectivity index (χ3n) is 2.11. The summed E-state index contributed by atoms with van der Waals surface area (Å²) in [6.45, 7) is 0. The Morgan fingerprint density at radius 3 is 2.44 bits per heavy atom. The molecule has 1 aromatic carbocycles. The molecular formula is C10H12ClNO3S. The first kappa shape index (κ1) is 13.0. The number of para-hydroxylation sites is 1. The Labute approximate surface area is 99.7 Å². The van der Waals surface area contributed by atoms with E-state index in [1.165, 1.54) is 18.0 Å². The molecule has 0 radical (unpaired) electrons. The van der Waals surface area contributed by atoms with Crippen LogP contribution in [0.4, 0.5) is 5.69 Å². The SMILES string of the molecule is CN(C(=O)CCl)c1ccccc1S(C)(=O)=O. The van der Waals surface area contributed by atoms with Crippen molar-refractivity contribution >= 4 is 33.0 Å². The molecule has 0 fully saturated rings. The summed E-state index contributed by atoms with van der Waals surface area (Å²) in [4.78, 5) is 12.8. The lowest BCUT2D eigenvalue weighted by molar-refractivity contribution is -0.116. The average molecular weight is 262 g/mol. The first-order chi connectivity index (χ1) is 7.38. The van der Waals surface area contributed by atoms with Gasteiger partial charge in [-0.25, -0.2) is 8.42 Å². The summed E-state index contributed by atoms with van der Waals surface area (Å²) in [5.74, 6) is -0.535. The number of carbonyl (C=O) groups excluding carboxylic acids is 1. The molecule has 0 heterocycles. The van der Waals surface area contributed by atoms with Crippen LogP contribution in [0.5, 0.6) is 0 Å². The van der Waals surface area contributed by atoms with Crippen molar-refractivity contribution in [1.82, 2.24) is 0 Å². The van der Waals surface area contributed by atoms with E-state index in [4.69, 9.17) is 11.6 Å². The molecule has 0 aromatic heterocycles. The number of amides is 1. The molecule has 1 amide bonds. The highest BCUT2D eigenvalue weighted by Gasteiger charge is 2.18. The first-order valence-electron chi connectivity index (χ1n) is 4.49. The second-order valence-corrected chi connectivity index (χ2v) is 5.58. The van der Waals surface area contributed by atoms with Gasteiger partial charge in [-0.15, -0.1) is 11.6 Å². The van der Waals surface area contributed by atoms with Crippen LogP contribution >= 0.6 is 11.6 Å². The van der Waals surface area contributed by atoms with Gasteiger partial charge in [0, 0.05) is 13.3 Å². The number of hydrogen-bond acceptors (Lipinski definition) is 3. The Morgan fingerprint density at radius 1 is 1.38 bits per heavy atom. The number of hydrogen-bond donors (Lipinski definition) is 0. The molecule has 0 aliphatic carbocycles. The lowest BCUT2D eigenvalue weighted by Gasteiger charge is -2.18. The third-order valence-corrected chi connectivity index (χ3v) is 3.49. The van der Waals surface area contributed by atoms with Crippen LogP contribution in [-0.2, 0) is 14.6 Å². The number of rotatable bonds is 3. The van der Waals surface area contributed by atoms with Crippen molar-refractivity contribution in [3.8, 4) is 0 Å². The predicted octanol–water partition coefficient (Wildman–Crippen LogP) is 1.29. The molecular weight excluding hydrogens is 250 g/mol. The number of carbonyl (C=O) groups is 1. The zero-order valence-corrected chi connectivity index (χ0v) is 10.5. The van der Waals surface area contributed by atoms with E-state index in [9.17, 15) is 13.2 Å². The standard InChI is InChI=1S/C10H12ClNO3S/c1-12(10(13)7-11)8-5-3-4-6-9(8)16(2,14)15/h3-6H,7H2,1-2H3. The van der Waals surface area contributed by atoms with E-state index in [2.05, 4.69) is 0 Å². The van der Waals surface area contributed by atoms with Crippen molar-refractivity contribution in [2.24, 2.45) is 0 Å². The zero-order chi connectivity index (χ0) is 12.3. The Hall–Kier alpha value is -1.07. The molecule has 1 aromatic rings. The highest BCUT2D eigenvalue weighted by atomic mass is 35.5. The van der Waals surface area contributed by atoms with Gasteiger partial charge in [-0.05, 0) is 12.1 Å². The number of alkyl halides is 1. The van der Waals surface area contributed by atoms with Gasteiger partial charge in [-0.2, -0.15) is 0 Å². The van der Waals surface area contributed by atoms with Crippen molar-refractivity contribution in [2.75, 3.05) is 24.1 Å². The van der Waals surface area contributed by atoms with Crippen molar-refractivity contribution in [3.63, 3.8) is 0 Å². The highest BCUT2D eigenvalue weighted by molar-refractivity contribution is 7.90. The van der Waals surface area contributed by atoms with Crippen LogP contribution in [0.1, 0.15) is 0 Å². The van der Waals surface area contributed by atoms with Gasteiger partial charge in [-0.3, -0.25) is 4.79 Å². The number of anilines is 1. The summed E-state index contributed by atoms with van der Waals surface area (Å²) < 4.78 is 23.0. The van der Waals surface area contributed by atoms with Crippen molar-refractivity contribution in [1.29, 1.82) is 0 Å². The zero-order valence-electron chi connectivity index (χ0n) is 8.97. The van der Waals surface area contributed by atoms with Crippen LogP contribution < -0.4 is 4.90 Å². The van der Waals surface area contributed by atoms with Crippen LogP contribution in [0.3, 0.4) is 0 Å². The molecule has 0 atom stereocenters. The van der Waals surface area contributed by atoms with Crippen LogP contribution in [0, 0.1) is 0 Å². The maximum atomic E-state index is 11.5. The molecule has 1 rings (SSSR count). The van der Waals surface area contributed by atoms with Gasteiger partial charge in [0.2, 0.25) is 5.91 Å². The Bertz CT molecular complexity index is 499. The summed E-state index contributed by atoms with van der Waals surface area (Å²) in [7, 11) is -1.86. The van der Waals surface area contributed by atoms with Crippen LogP contribution in [0.15, 0.2) is 29.2 Å². The van der Waals surface area contributed by atoms with E-state index in [0.29, 0.717) is 5.69 Å². The summed E-state index contributed by atoms with van der Waals surface area (Å²) in [5, 5.41) is 0. The first-order valence-corrected chi connectivity index (χ1v) is 6.92. The number of nitrogens with zero attached hydrogens (tertiary/aromatic N) is 1. The Balaban J connectivity index is 3.30. The largest absolute Gasteiger partial charge is 0.313 e. The van der Waals surface area contributed by atoms with E-state index in [1.807, 2.05) is 0 Å². The van der Waals surface area contributed by atoms with Crippen molar-refractivity contribution in [2.45, 2.75) is 4.90 Å². The van der Waals surface area contributed by atoms with Gasteiger partial charge in [0.25, 0.3) is 0 Å². The summed E-state index contributed by atoms with van der Waals surface area (Å²) in [6, 6.07) is 6.31. The lowest BCUT2D eigenvalue weighted by Crippen LogP contribution is -2.28. The van der Waals surface area contributed by atoms with Gasteiger partial charge < -0.3 is 4.90 Å². The minimum Gasteiger partial charge on any atom is -0.313 e. The Kier molecular flexibility index (Phi) is 3.93. The molecule has 0 spiro atoms. The monoisotopic (exact) mass is 261 g/mol. The van der Waals surface area contributed by atoms with E-state index in [-0.39, 0.29) is 16.7 Å². The lowest BCUT2D eigenvalue weighted by atomic mass is 10.3. The molecule has 6 heteroatoms. The molecule has 16 heavy (non-hydrogen) atoms. The minimum absolute atomic E-state index is 0.121. The fraction of sp³-hybridized carbons (Fsp3) is 0.300. The van der Waals surface area contributed by atoms with Crippen LogP contribution in [-0.4, -0.2) is 33.5 Å². The number of halogens is 1. The molecule has 4 nitrogen and oxygen atoms in total. The molecule has 0 saturated carbocycles. The fourth-order valence-corrected chi connectivity index (χ4v) is 2.36. The second-order valence-electron chi connectivity index (χ2n) is 3.33. The van der Waals surface area contributed by atoms with E-state index in [0.717, 1.165) is 6.26 Å². The minimum atomic E-state index is -3.36. The summed E-state index contributed by atoms with van der Waals surface area (Å²) in [5.41, 5.74) is 0.343. The Morgan fingerprint density at radius 2 is 1.94 bits per heavy atom. The highest BCUT2D eigenvalue weighted by Crippen LogP contribution is 2.23. The number of sulfone groups is 1. The maximum Gasteiger partial charge on any atom is 0.241 e. The summed E-state index contributed by atoms with van der Waals surface area (Å²) in [6.07, 6.45) is 1.10. The fourth-order valence-electron chi connectivity index (χ4n) is 1.27. The van der Waals surface area contributed by atoms with Gasteiger partial charge in [0.15, 0.2) is 9.84 Å². The van der Waals surface area contributed by atoms with Gasteiger partial charge in [0.1, 0.15) is 5.88 Å². The van der Waals surface area contributed by atoms with Crippen LogP contribution in [0.25, 0.3) is 0 Å². The third kappa shape index (κ3) is 2.74.